The zero-order valence-corrected chi connectivity index (χ0v) is 19.2. The Kier molecular flexibility index (Phi) is 6.60. The fourth-order valence-electron chi connectivity index (χ4n) is 4.34. The molecule has 1 fully saturated rings. The van der Waals surface area contributed by atoms with Crippen LogP contribution >= 0.6 is 15.9 Å². The summed E-state index contributed by atoms with van der Waals surface area (Å²) in [5, 5.41) is 0.617. The van der Waals surface area contributed by atoms with Gasteiger partial charge in [0.1, 0.15) is 18.5 Å². The molecule has 6 nitrogen and oxygen atoms in total. The third-order valence-corrected chi connectivity index (χ3v) is 6.59. The van der Waals surface area contributed by atoms with Crippen molar-refractivity contribution in [1.29, 1.82) is 0 Å². The van der Waals surface area contributed by atoms with Crippen molar-refractivity contribution >= 4 is 44.4 Å². The van der Waals surface area contributed by atoms with E-state index in [1.165, 1.54) is 11.1 Å². The molecule has 1 saturated heterocycles. The summed E-state index contributed by atoms with van der Waals surface area (Å²) >= 11 is 3.12. The molecule has 0 bridgehead atoms. The summed E-state index contributed by atoms with van der Waals surface area (Å²) in [5.41, 5.74) is 6.76. The first kappa shape index (κ1) is 23.1. The quantitative estimate of drug-likeness (QED) is 0.517. The summed E-state index contributed by atoms with van der Waals surface area (Å²) < 4.78 is 30.3. The second-order valence-electron chi connectivity index (χ2n) is 8.13. The molecule has 4 rings (SSSR count). The van der Waals surface area contributed by atoms with Gasteiger partial charge >= 0.3 is 0 Å². The largest absolute Gasteiger partial charge is 0.366 e. The van der Waals surface area contributed by atoms with E-state index in [0.29, 0.717) is 20.9 Å². The Morgan fingerprint density at radius 1 is 1.12 bits per heavy atom. The number of fused-ring (bicyclic) bond motifs is 1. The van der Waals surface area contributed by atoms with Crippen LogP contribution in [0.4, 0.5) is 8.78 Å². The predicted molar refractivity (Wildman–Crippen MR) is 123 cm³/mol. The molecule has 2 N–H and O–H groups in total. The molecule has 0 spiro atoms. The number of aryl methyl sites for hydroxylation is 1. The average Bonchev–Trinajstić information content (AvgIpc) is 3.36. The fourth-order valence-corrected chi connectivity index (χ4v) is 4.75. The van der Waals surface area contributed by atoms with Crippen molar-refractivity contribution < 1.29 is 23.2 Å². The highest BCUT2D eigenvalue weighted by Crippen LogP contribution is 2.26. The number of carbonyl (C=O) groups is 3. The molecule has 2 atom stereocenters. The van der Waals surface area contributed by atoms with Crippen molar-refractivity contribution in [3.63, 3.8) is 0 Å². The topological polar surface area (TPSA) is 85.4 Å². The Morgan fingerprint density at radius 3 is 2.64 bits per heavy atom. The van der Waals surface area contributed by atoms with E-state index in [1.54, 1.807) is 47.0 Å². The number of para-hydroxylation sites is 1. The average molecular weight is 518 g/mol. The molecule has 0 radical (unpaired) electrons. The van der Waals surface area contributed by atoms with Crippen LogP contribution in [0.25, 0.3) is 10.9 Å². The highest BCUT2D eigenvalue weighted by molar-refractivity contribution is 9.10. The summed E-state index contributed by atoms with van der Waals surface area (Å²) in [6, 6.07) is 11.0. The summed E-state index contributed by atoms with van der Waals surface area (Å²) in [7, 11) is 0. The number of halogens is 3. The number of alkyl halides is 1. The van der Waals surface area contributed by atoms with Gasteiger partial charge in [0, 0.05) is 29.9 Å². The van der Waals surface area contributed by atoms with Crippen LogP contribution in [0, 0.1) is 5.82 Å². The third kappa shape index (κ3) is 4.68. The van der Waals surface area contributed by atoms with Gasteiger partial charge in [0.25, 0.3) is 5.91 Å². The molecular formula is C24H22BrF2N3O3. The predicted octanol–water partition coefficient (Wildman–Crippen LogP) is 3.78. The second-order valence-corrected chi connectivity index (χ2v) is 8.98. The third-order valence-electron chi connectivity index (χ3n) is 5.97. The first-order valence-electron chi connectivity index (χ1n) is 10.5. The molecular weight excluding hydrogens is 496 g/mol. The number of aromatic nitrogens is 1. The van der Waals surface area contributed by atoms with E-state index >= 15 is 0 Å². The van der Waals surface area contributed by atoms with E-state index in [-0.39, 0.29) is 43.7 Å². The summed E-state index contributed by atoms with van der Waals surface area (Å²) in [6.07, 6.45) is 0.259. The summed E-state index contributed by atoms with van der Waals surface area (Å²) in [6.45, 7) is -0.340. The fraction of sp³-hybridized carbons (Fsp3) is 0.292. The molecule has 33 heavy (non-hydrogen) atoms. The standard InChI is InChI=1S/C24H22BrF2N3O3/c25-18-6-3-4-14(23(18)27)8-9-21(31)20-10-15(26)11-30(20)22(32)13-29-12-17(24(28)33)16-5-1-2-7-19(16)29/h1-7,12,15,20H,8-11,13H2,(H2,28,33)/t15-,20+/m1/s1. The number of ketones is 1. The maximum Gasteiger partial charge on any atom is 0.250 e. The molecule has 3 aromatic rings. The number of hydrogen-bond donors (Lipinski definition) is 1. The lowest BCUT2D eigenvalue weighted by molar-refractivity contribution is -0.138. The summed E-state index contributed by atoms with van der Waals surface area (Å²) in [5.74, 6) is -1.79. The number of Topliss-reactive ketones (excluding diaryl/α,β-unsaturated/α-hetero) is 1. The van der Waals surface area contributed by atoms with Crippen LogP contribution in [0.2, 0.25) is 0 Å². The monoisotopic (exact) mass is 517 g/mol. The van der Waals surface area contributed by atoms with Crippen LogP contribution in [-0.2, 0) is 22.6 Å². The second kappa shape index (κ2) is 9.43. The van der Waals surface area contributed by atoms with Crippen LogP contribution < -0.4 is 5.73 Å². The number of hydrogen-bond acceptors (Lipinski definition) is 3. The highest BCUT2D eigenvalue weighted by Gasteiger charge is 2.39. The number of nitrogens with two attached hydrogens (primary N) is 1. The minimum absolute atomic E-state index is 0.00713. The molecule has 0 unspecified atom stereocenters. The van der Waals surface area contributed by atoms with Crippen molar-refractivity contribution in [1.82, 2.24) is 9.47 Å². The van der Waals surface area contributed by atoms with Crippen molar-refractivity contribution in [2.75, 3.05) is 6.54 Å². The van der Waals surface area contributed by atoms with Crippen LogP contribution in [0.1, 0.15) is 28.8 Å². The van der Waals surface area contributed by atoms with Crippen molar-refractivity contribution in [3.05, 3.63) is 70.1 Å². The molecule has 1 aliphatic rings. The molecule has 9 heteroatoms. The molecule has 0 aliphatic carbocycles. The van der Waals surface area contributed by atoms with Crippen molar-refractivity contribution in [2.24, 2.45) is 5.73 Å². The zero-order chi connectivity index (χ0) is 23.7. The molecule has 2 amide bonds. The van der Waals surface area contributed by atoms with E-state index in [9.17, 15) is 23.2 Å². The normalized spacial score (nSPS) is 18.1. The molecule has 1 aliphatic heterocycles. The van der Waals surface area contributed by atoms with Crippen LogP contribution in [0.5, 0.6) is 0 Å². The van der Waals surface area contributed by atoms with Gasteiger partial charge in [-0.15, -0.1) is 0 Å². The molecule has 0 saturated carbocycles. The van der Waals surface area contributed by atoms with Gasteiger partial charge in [-0.2, -0.15) is 0 Å². The lowest BCUT2D eigenvalue weighted by Crippen LogP contribution is -2.42. The minimum Gasteiger partial charge on any atom is -0.366 e. The van der Waals surface area contributed by atoms with Crippen LogP contribution in [-0.4, -0.2) is 45.8 Å². The maximum atomic E-state index is 14.2. The molecule has 2 heterocycles. The number of amides is 2. The van der Waals surface area contributed by atoms with E-state index in [4.69, 9.17) is 5.73 Å². The zero-order valence-electron chi connectivity index (χ0n) is 17.6. The Labute approximate surface area is 197 Å². The van der Waals surface area contributed by atoms with Crippen LogP contribution in [0.3, 0.4) is 0 Å². The smallest absolute Gasteiger partial charge is 0.250 e. The maximum absolute atomic E-state index is 14.2. The number of rotatable bonds is 7. The highest BCUT2D eigenvalue weighted by atomic mass is 79.9. The lowest BCUT2D eigenvalue weighted by Gasteiger charge is -2.24. The van der Waals surface area contributed by atoms with Gasteiger partial charge in [0.05, 0.1) is 22.6 Å². The Morgan fingerprint density at radius 2 is 1.88 bits per heavy atom. The number of benzene rings is 2. The van der Waals surface area contributed by atoms with E-state index in [0.717, 1.165) is 0 Å². The number of primary amides is 1. The number of likely N-dealkylation sites (tertiary alicyclic amines) is 1. The van der Waals surface area contributed by atoms with E-state index in [2.05, 4.69) is 15.9 Å². The SMILES string of the molecule is NC(=O)c1cn(CC(=O)N2C[C@H](F)C[C@H]2C(=O)CCc2cccc(Br)c2F)c2ccccc12. The van der Waals surface area contributed by atoms with E-state index < -0.39 is 29.8 Å². The van der Waals surface area contributed by atoms with Gasteiger partial charge < -0.3 is 15.2 Å². The Bertz CT molecular complexity index is 1240. The molecule has 2 aromatic carbocycles. The first-order valence-corrected chi connectivity index (χ1v) is 11.3. The lowest BCUT2D eigenvalue weighted by atomic mass is 10.0. The van der Waals surface area contributed by atoms with Gasteiger partial charge in [-0.1, -0.05) is 30.3 Å². The van der Waals surface area contributed by atoms with Crippen molar-refractivity contribution in [3.8, 4) is 0 Å². The Hall–Kier alpha value is -3.07. The number of carbonyl (C=O) groups excluding carboxylic acids is 3. The van der Waals surface area contributed by atoms with Gasteiger partial charge in [-0.05, 0) is 40.0 Å². The van der Waals surface area contributed by atoms with Gasteiger partial charge in [-0.3, -0.25) is 14.4 Å². The van der Waals surface area contributed by atoms with Gasteiger partial charge in [0.2, 0.25) is 5.91 Å². The van der Waals surface area contributed by atoms with Crippen LogP contribution in [0.15, 0.2) is 53.1 Å². The van der Waals surface area contributed by atoms with Crippen molar-refractivity contribution in [2.45, 2.75) is 38.0 Å². The van der Waals surface area contributed by atoms with Gasteiger partial charge in [0.15, 0.2) is 5.78 Å². The Balaban J connectivity index is 1.50. The number of nitrogens with zero attached hydrogens (tertiary/aromatic N) is 2. The molecule has 1 aromatic heterocycles. The molecule has 172 valence electrons. The summed E-state index contributed by atoms with van der Waals surface area (Å²) in [4.78, 5) is 39.0. The van der Waals surface area contributed by atoms with E-state index in [1.807, 2.05) is 0 Å². The minimum atomic E-state index is -1.31. The van der Waals surface area contributed by atoms with Gasteiger partial charge in [-0.25, -0.2) is 8.78 Å². The first-order chi connectivity index (χ1) is 15.8.